The van der Waals surface area contributed by atoms with Crippen molar-refractivity contribution in [3.05, 3.63) is 29.3 Å². The average Bonchev–Trinajstić information content (AvgIpc) is 2.84. The van der Waals surface area contributed by atoms with Crippen LogP contribution in [0.5, 0.6) is 0 Å². The summed E-state index contributed by atoms with van der Waals surface area (Å²) in [6, 6.07) is 7.14. The van der Waals surface area contributed by atoms with Gasteiger partial charge in [0.1, 0.15) is 0 Å². The fraction of sp³-hybridized carbons (Fsp3) is 0.625. The quantitative estimate of drug-likeness (QED) is 0.811. The Balaban J connectivity index is 2.04. The highest BCUT2D eigenvalue weighted by Crippen LogP contribution is 2.30. The molecular weight excluding hydrogens is 239 g/mol. The van der Waals surface area contributed by atoms with Gasteiger partial charge in [-0.05, 0) is 49.9 Å². The van der Waals surface area contributed by atoms with Crippen molar-refractivity contribution in [1.29, 1.82) is 0 Å². The van der Waals surface area contributed by atoms with Gasteiger partial charge >= 0.3 is 0 Å². The summed E-state index contributed by atoms with van der Waals surface area (Å²) in [6.07, 6.45) is 2.89. The molecule has 1 aromatic carbocycles. The summed E-state index contributed by atoms with van der Waals surface area (Å²) < 4.78 is 12.3. The molecule has 0 radical (unpaired) electrons. The lowest BCUT2D eigenvalue weighted by Gasteiger charge is -2.20. The van der Waals surface area contributed by atoms with E-state index < -0.39 is 0 Å². The number of benzene rings is 1. The molecule has 0 bridgehead atoms. The van der Waals surface area contributed by atoms with E-state index in [1.807, 2.05) is 0 Å². The SMILES string of the molecule is CCCNC(C)c1ccc2c(c1)CCN2CCCF. The molecule has 0 spiro atoms. The number of fused-ring (bicyclic) bond motifs is 1. The Labute approximate surface area is 116 Å². The summed E-state index contributed by atoms with van der Waals surface area (Å²) in [7, 11) is 0. The van der Waals surface area contributed by atoms with Crippen LogP contribution in [-0.4, -0.2) is 26.3 Å². The van der Waals surface area contributed by atoms with Crippen LogP contribution < -0.4 is 10.2 Å². The van der Waals surface area contributed by atoms with E-state index >= 15 is 0 Å². The average molecular weight is 264 g/mol. The maximum absolute atomic E-state index is 12.3. The Hall–Kier alpha value is -1.09. The van der Waals surface area contributed by atoms with Crippen LogP contribution in [-0.2, 0) is 6.42 Å². The van der Waals surface area contributed by atoms with Gasteiger partial charge in [-0.25, -0.2) is 0 Å². The van der Waals surface area contributed by atoms with Crippen molar-refractivity contribution in [1.82, 2.24) is 5.32 Å². The lowest BCUT2D eigenvalue weighted by molar-refractivity contribution is 0.472. The van der Waals surface area contributed by atoms with E-state index in [1.165, 1.54) is 16.8 Å². The number of nitrogens with one attached hydrogen (secondary N) is 1. The Morgan fingerprint density at radius 2 is 2.26 bits per heavy atom. The van der Waals surface area contributed by atoms with E-state index in [2.05, 4.69) is 42.3 Å². The molecule has 19 heavy (non-hydrogen) atoms. The van der Waals surface area contributed by atoms with Crippen molar-refractivity contribution < 1.29 is 4.39 Å². The summed E-state index contributed by atoms with van der Waals surface area (Å²) in [4.78, 5) is 2.31. The van der Waals surface area contributed by atoms with Crippen LogP contribution in [0.2, 0.25) is 0 Å². The molecule has 0 fully saturated rings. The van der Waals surface area contributed by atoms with E-state index in [0.29, 0.717) is 12.5 Å². The lowest BCUT2D eigenvalue weighted by Crippen LogP contribution is -2.22. The smallest absolute Gasteiger partial charge is 0.0911 e. The normalized spacial score (nSPS) is 15.6. The first kappa shape index (κ1) is 14.3. The van der Waals surface area contributed by atoms with Crippen molar-refractivity contribution in [2.45, 2.75) is 39.2 Å². The molecule has 2 nitrogen and oxygen atoms in total. The van der Waals surface area contributed by atoms with Gasteiger partial charge in [0.15, 0.2) is 0 Å². The van der Waals surface area contributed by atoms with Crippen LogP contribution in [0, 0.1) is 0 Å². The maximum Gasteiger partial charge on any atom is 0.0911 e. The van der Waals surface area contributed by atoms with Crippen LogP contribution >= 0.6 is 0 Å². The van der Waals surface area contributed by atoms with Crippen molar-refractivity contribution in [3.8, 4) is 0 Å². The monoisotopic (exact) mass is 264 g/mol. The molecule has 1 N–H and O–H groups in total. The van der Waals surface area contributed by atoms with Crippen LogP contribution in [0.25, 0.3) is 0 Å². The Bertz CT molecular complexity index is 406. The second-order valence-electron chi connectivity index (χ2n) is 5.34. The van der Waals surface area contributed by atoms with Gasteiger partial charge in [0.2, 0.25) is 0 Å². The molecule has 0 saturated carbocycles. The zero-order chi connectivity index (χ0) is 13.7. The second kappa shape index (κ2) is 6.90. The van der Waals surface area contributed by atoms with Crippen molar-refractivity contribution in [2.24, 2.45) is 0 Å². The minimum absolute atomic E-state index is 0.220. The van der Waals surface area contributed by atoms with Gasteiger partial charge in [0, 0.05) is 24.8 Å². The van der Waals surface area contributed by atoms with E-state index in [4.69, 9.17) is 0 Å². The summed E-state index contributed by atoms with van der Waals surface area (Å²) in [5, 5.41) is 3.52. The number of hydrogen-bond acceptors (Lipinski definition) is 2. The fourth-order valence-electron chi connectivity index (χ4n) is 2.72. The molecule has 2 rings (SSSR count). The van der Waals surface area contributed by atoms with Crippen LogP contribution in [0.3, 0.4) is 0 Å². The van der Waals surface area contributed by atoms with Gasteiger partial charge < -0.3 is 10.2 Å². The first-order chi connectivity index (χ1) is 9.26. The summed E-state index contributed by atoms with van der Waals surface area (Å²) in [5.41, 5.74) is 4.08. The number of hydrogen-bond donors (Lipinski definition) is 1. The van der Waals surface area contributed by atoms with Crippen LogP contribution in [0.1, 0.15) is 43.9 Å². The van der Waals surface area contributed by atoms with Gasteiger partial charge in [-0.1, -0.05) is 19.1 Å². The first-order valence-electron chi connectivity index (χ1n) is 7.43. The molecule has 1 aliphatic heterocycles. The highest BCUT2D eigenvalue weighted by atomic mass is 19.1. The third kappa shape index (κ3) is 3.47. The fourth-order valence-corrected chi connectivity index (χ4v) is 2.72. The largest absolute Gasteiger partial charge is 0.371 e. The molecule has 1 atom stereocenters. The molecule has 0 aromatic heterocycles. The Morgan fingerprint density at radius 1 is 1.42 bits per heavy atom. The second-order valence-corrected chi connectivity index (χ2v) is 5.34. The molecule has 3 heteroatoms. The third-order valence-corrected chi connectivity index (χ3v) is 3.86. The molecule has 0 amide bonds. The standard InChI is InChI=1S/C16H25FN2/c1-3-9-18-13(2)14-5-6-16-15(12-14)7-11-19(16)10-4-8-17/h5-6,12-13,18H,3-4,7-11H2,1-2H3. The number of alkyl halides is 1. The zero-order valence-corrected chi connectivity index (χ0v) is 12.1. The van der Waals surface area contributed by atoms with Crippen molar-refractivity contribution in [2.75, 3.05) is 31.2 Å². The van der Waals surface area contributed by atoms with Gasteiger partial charge in [-0.15, -0.1) is 0 Å². The third-order valence-electron chi connectivity index (χ3n) is 3.86. The Morgan fingerprint density at radius 3 is 3.00 bits per heavy atom. The molecule has 0 aliphatic carbocycles. The molecule has 1 unspecified atom stereocenters. The molecular formula is C16H25FN2. The van der Waals surface area contributed by atoms with Crippen molar-refractivity contribution >= 4 is 5.69 Å². The van der Waals surface area contributed by atoms with Crippen molar-refractivity contribution in [3.63, 3.8) is 0 Å². The topological polar surface area (TPSA) is 15.3 Å². The van der Waals surface area contributed by atoms with Crippen LogP contribution in [0.15, 0.2) is 18.2 Å². The zero-order valence-electron chi connectivity index (χ0n) is 12.1. The minimum Gasteiger partial charge on any atom is -0.371 e. The van der Waals surface area contributed by atoms with E-state index in [-0.39, 0.29) is 6.67 Å². The molecule has 1 aromatic rings. The minimum atomic E-state index is -0.220. The van der Waals surface area contributed by atoms with E-state index in [1.54, 1.807) is 0 Å². The molecule has 1 aliphatic rings. The van der Waals surface area contributed by atoms with Gasteiger partial charge in [-0.3, -0.25) is 4.39 Å². The molecule has 0 saturated heterocycles. The molecule has 1 heterocycles. The van der Waals surface area contributed by atoms with E-state index in [9.17, 15) is 4.39 Å². The lowest BCUT2D eigenvalue weighted by atomic mass is 10.0. The van der Waals surface area contributed by atoms with Gasteiger partial charge in [0.25, 0.3) is 0 Å². The predicted octanol–water partition coefficient (Wildman–Crippen LogP) is 3.47. The van der Waals surface area contributed by atoms with Gasteiger partial charge in [-0.2, -0.15) is 0 Å². The first-order valence-corrected chi connectivity index (χ1v) is 7.43. The summed E-state index contributed by atoms with van der Waals surface area (Å²) >= 11 is 0. The summed E-state index contributed by atoms with van der Waals surface area (Å²) in [5.74, 6) is 0. The number of anilines is 1. The number of rotatable bonds is 7. The van der Waals surface area contributed by atoms with Crippen LogP contribution in [0.4, 0.5) is 10.1 Å². The molecule has 106 valence electrons. The maximum atomic E-state index is 12.3. The predicted molar refractivity (Wildman–Crippen MR) is 79.7 cm³/mol. The van der Waals surface area contributed by atoms with Gasteiger partial charge in [0.05, 0.1) is 6.67 Å². The van der Waals surface area contributed by atoms with E-state index in [0.717, 1.165) is 32.5 Å². The highest BCUT2D eigenvalue weighted by molar-refractivity contribution is 5.59. The number of halogens is 1. The Kier molecular flexibility index (Phi) is 5.20. The highest BCUT2D eigenvalue weighted by Gasteiger charge is 2.19. The summed E-state index contributed by atoms with van der Waals surface area (Å²) in [6.45, 7) is 7.11. The number of nitrogens with zero attached hydrogens (tertiary/aromatic N) is 1.